The molecule has 108 valence electrons. The van der Waals surface area contributed by atoms with E-state index in [2.05, 4.69) is 0 Å². The van der Waals surface area contributed by atoms with Crippen molar-refractivity contribution >= 4 is 11.9 Å². The first-order chi connectivity index (χ1) is 8.91. The molecular formula is C14H23NO4. The van der Waals surface area contributed by atoms with Crippen LogP contribution in [0.4, 0.5) is 0 Å². The largest absolute Gasteiger partial charge is 0.481 e. The van der Waals surface area contributed by atoms with E-state index in [9.17, 15) is 14.7 Å². The molecule has 5 heteroatoms. The molecule has 1 amide bonds. The molecule has 2 saturated carbocycles. The van der Waals surface area contributed by atoms with Gasteiger partial charge in [-0.25, -0.2) is 0 Å². The van der Waals surface area contributed by atoms with Gasteiger partial charge < -0.3 is 15.1 Å². The third-order valence-corrected chi connectivity index (χ3v) is 4.57. The molecule has 0 aromatic rings. The normalized spacial score (nSPS) is 29.4. The Morgan fingerprint density at radius 2 is 1.79 bits per heavy atom. The van der Waals surface area contributed by atoms with Crippen molar-refractivity contribution in [2.24, 2.45) is 11.8 Å². The van der Waals surface area contributed by atoms with E-state index in [1.54, 1.807) is 11.9 Å². The molecule has 0 aromatic carbocycles. The van der Waals surface area contributed by atoms with Gasteiger partial charge in [0, 0.05) is 19.5 Å². The highest BCUT2D eigenvalue weighted by molar-refractivity contribution is 5.80. The van der Waals surface area contributed by atoms with Crippen molar-refractivity contribution in [3.05, 3.63) is 0 Å². The second kappa shape index (κ2) is 5.49. The summed E-state index contributed by atoms with van der Waals surface area (Å²) in [6, 6.07) is 0. The Morgan fingerprint density at radius 3 is 2.32 bits per heavy atom. The van der Waals surface area contributed by atoms with Gasteiger partial charge in [0.25, 0.3) is 0 Å². The fraction of sp³-hybridized carbons (Fsp3) is 0.857. The van der Waals surface area contributed by atoms with Crippen molar-refractivity contribution in [3.8, 4) is 0 Å². The summed E-state index contributed by atoms with van der Waals surface area (Å²) in [5.74, 6) is -1.37. The van der Waals surface area contributed by atoms with Crippen LogP contribution < -0.4 is 0 Å². The van der Waals surface area contributed by atoms with E-state index in [4.69, 9.17) is 5.11 Å². The lowest BCUT2D eigenvalue weighted by Crippen LogP contribution is -2.43. The fourth-order valence-corrected chi connectivity index (χ4v) is 3.45. The van der Waals surface area contributed by atoms with Crippen LogP contribution in [-0.2, 0) is 9.59 Å². The molecule has 0 unspecified atom stereocenters. The lowest BCUT2D eigenvalue weighted by molar-refractivity contribution is -0.142. The van der Waals surface area contributed by atoms with Crippen LogP contribution in [0.2, 0.25) is 0 Å². The highest BCUT2D eigenvalue weighted by atomic mass is 16.4. The molecule has 19 heavy (non-hydrogen) atoms. The van der Waals surface area contributed by atoms with Gasteiger partial charge in [-0.2, -0.15) is 0 Å². The van der Waals surface area contributed by atoms with Crippen LogP contribution in [0.25, 0.3) is 0 Å². The molecule has 2 N–H and O–H groups in total. The van der Waals surface area contributed by atoms with Crippen molar-refractivity contribution in [2.75, 3.05) is 13.6 Å². The zero-order valence-electron chi connectivity index (χ0n) is 11.5. The molecule has 0 aromatic heterocycles. The van der Waals surface area contributed by atoms with Gasteiger partial charge in [0.1, 0.15) is 0 Å². The van der Waals surface area contributed by atoms with Gasteiger partial charge in [-0.3, -0.25) is 9.59 Å². The van der Waals surface area contributed by atoms with Gasteiger partial charge in [0.05, 0.1) is 11.5 Å². The number of nitrogens with zero attached hydrogens (tertiary/aromatic N) is 1. The minimum absolute atomic E-state index is 0.0101. The Morgan fingerprint density at radius 1 is 1.21 bits per heavy atom. The van der Waals surface area contributed by atoms with Gasteiger partial charge in [-0.15, -0.1) is 0 Å². The second-order valence-electron chi connectivity index (χ2n) is 6.17. The molecule has 0 aliphatic heterocycles. The lowest BCUT2D eigenvalue weighted by atomic mass is 9.99. The second-order valence-corrected chi connectivity index (χ2v) is 6.17. The van der Waals surface area contributed by atoms with Crippen molar-refractivity contribution in [2.45, 2.75) is 50.5 Å². The van der Waals surface area contributed by atoms with Gasteiger partial charge in [-0.05, 0) is 32.1 Å². The number of carbonyl (C=O) groups is 2. The van der Waals surface area contributed by atoms with Crippen LogP contribution in [0.15, 0.2) is 0 Å². The molecular weight excluding hydrogens is 246 g/mol. The Hall–Kier alpha value is -1.10. The Bertz CT molecular complexity index is 362. The third kappa shape index (κ3) is 3.26. The highest BCUT2D eigenvalue weighted by Gasteiger charge is 2.38. The standard InChI is InChI=1S/C14H23NO4/c1-15(9-14(19)6-2-3-7-14)12(16)10-4-5-11(8-10)13(17)18/h10-11,19H,2-9H2,1H3,(H,17,18)/t10-,11+/m1/s1. The van der Waals surface area contributed by atoms with Crippen molar-refractivity contribution in [1.29, 1.82) is 0 Å². The summed E-state index contributed by atoms with van der Waals surface area (Å²) in [4.78, 5) is 24.8. The molecule has 2 aliphatic rings. The van der Waals surface area contributed by atoms with E-state index in [1.807, 2.05) is 0 Å². The number of hydrogen-bond donors (Lipinski definition) is 2. The van der Waals surface area contributed by atoms with Gasteiger partial charge in [0.15, 0.2) is 0 Å². The number of carbonyl (C=O) groups excluding carboxylic acids is 1. The number of aliphatic carboxylic acids is 1. The summed E-state index contributed by atoms with van der Waals surface area (Å²) in [6.07, 6.45) is 5.23. The minimum atomic E-state index is -0.799. The number of rotatable bonds is 4. The first-order valence-electron chi connectivity index (χ1n) is 7.11. The number of hydrogen-bond acceptors (Lipinski definition) is 3. The highest BCUT2D eigenvalue weighted by Crippen LogP contribution is 2.34. The van der Waals surface area contributed by atoms with Crippen LogP contribution in [0, 0.1) is 11.8 Å². The molecule has 2 aliphatic carbocycles. The van der Waals surface area contributed by atoms with Gasteiger partial charge >= 0.3 is 5.97 Å². The number of likely N-dealkylation sites (N-methyl/N-ethyl adjacent to an activating group) is 1. The lowest BCUT2D eigenvalue weighted by Gasteiger charge is -2.30. The Balaban J connectivity index is 1.87. The Kier molecular flexibility index (Phi) is 4.13. The van der Waals surface area contributed by atoms with Gasteiger partial charge in [-0.1, -0.05) is 12.8 Å². The maximum Gasteiger partial charge on any atom is 0.306 e. The molecule has 0 heterocycles. The third-order valence-electron chi connectivity index (χ3n) is 4.57. The van der Waals surface area contributed by atoms with E-state index in [1.165, 1.54) is 0 Å². The molecule has 0 radical (unpaired) electrons. The first-order valence-corrected chi connectivity index (χ1v) is 7.11. The number of amides is 1. The average Bonchev–Trinajstić information content (AvgIpc) is 2.97. The summed E-state index contributed by atoms with van der Waals surface area (Å²) in [6.45, 7) is 0.375. The summed E-state index contributed by atoms with van der Waals surface area (Å²) in [7, 11) is 1.71. The monoisotopic (exact) mass is 269 g/mol. The van der Waals surface area contributed by atoms with Crippen molar-refractivity contribution in [1.82, 2.24) is 4.90 Å². The van der Waals surface area contributed by atoms with E-state index in [0.29, 0.717) is 25.8 Å². The summed E-state index contributed by atoms with van der Waals surface area (Å²) < 4.78 is 0. The van der Waals surface area contributed by atoms with E-state index < -0.39 is 11.6 Å². The van der Waals surface area contributed by atoms with Crippen molar-refractivity contribution in [3.63, 3.8) is 0 Å². The predicted octanol–water partition coefficient (Wildman–Crippen LogP) is 1.25. The average molecular weight is 269 g/mol. The molecule has 2 rings (SSSR count). The Labute approximate surface area is 113 Å². The predicted molar refractivity (Wildman–Crippen MR) is 69.5 cm³/mol. The molecule has 0 spiro atoms. The number of aliphatic hydroxyl groups is 1. The van der Waals surface area contributed by atoms with Crippen LogP contribution in [-0.4, -0.2) is 46.2 Å². The molecule has 0 bridgehead atoms. The molecule has 0 saturated heterocycles. The summed E-state index contributed by atoms with van der Waals surface area (Å²) in [5.41, 5.74) is -0.727. The number of carboxylic acids is 1. The van der Waals surface area contributed by atoms with Crippen LogP contribution >= 0.6 is 0 Å². The molecule has 2 atom stereocenters. The minimum Gasteiger partial charge on any atom is -0.481 e. The van der Waals surface area contributed by atoms with Crippen molar-refractivity contribution < 1.29 is 19.8 Å². The molecule has 2 fully saturated rings. The SMILES string of the molecule is CN(CC1(O)CCCC1)C(=O)[C@@H]1CC[C@H](C(=O)O)C1. The number of carboxylic acid groups (broad SMARTS) is 1. The van der Waals surface area contributed by atoms with E-state index in [-0.39, 0.29) is 17.7 Å². The fourth-order valence-electron chi connectivity index (χ4n) is 3.45. The quantitative estimate of drug-likeness (QED) is 0.805. The van der Waals surface area contributed by atoms with Crippen LogP contribution in [0.3, 0.4) is 0 Å². The maximum absolute atomic E-state index is 12.3. The first kappa shape index (κ1) is 14.3. The maximum atomic E-state index is 12.3. The van der Waals surface area contributed by atoms with Gasteiger partial charge in [0.2, 0.25) is 5.91 Å². The molecule has 5 nitrogen and oxygen atoms in total. The van der Waals surface area contributed by atoms with E-state index in [0.717, 1.165) is 25.7 Å². The van der Waals surface area contributed by atoms with E-state index >= 15 is 0 Å². The zero-order valence-corrected chi connectivity index (χ0v) is 11.5. The zero-order chi connectivity index (χ0) is 14.0. The summed E-state index contributed by atoms with van der Waals surface area (Å²) in [5, 5.41) is 19.3. The van der Waals surface area contributed by atoms with Crippen LogP contribution in [0.1, 0.15) is 44.9 Å². The van der Waals surface area contributed by atoms with Crippen LogP contribution in [0.5, 0.6) is 0 Å². The topological polar surface area (TPSA) is 77.8 Å². The summed E-state index contributed by atoms with van der Waals surface area (Å²) >= 11 is 0. The smallest absolute Gasteiger partial charge is 0.306 e.